The van der Waals surface area contributed by atoms with E-state index >= 15 is 0 Å². The van der Waals surface area contributed by atoms with Crippen LogP contribution in [0.4, 0.5) is 0 Å². The molecule has 10 heavy (non-hydrogen) atoms. The van der Waals surface area contributed by atoms with Crippen LogP contribution in [0.2, 0.25) is 2.82 Å². The molecule has 0 aromatic rings. The van der Waals surface area contributed by atoms with Crippen LogP contribution in [0.1, 0.15) is 26.2 Å². The number of hydrogen-bond donors (Lipinski definition) is 3. The van der Waals surface area contributed by atoms with Crippen molar-refractivity contribution in [2.75, 3.05) is 6.54 Å². The molecule has 3 N–H and O–H groups in total. The van der Waals surface area contributed by atoms with E-state index in [-0.39, 0.29) is 12.6 Å². The van der Waals surface area contributed by atoms with Crippen LogP contribution in [0.3, 0.4) is 0 Å². The molecule has 1 rings (SSSR count). The van der Waals surface area contributed by atoms with E-state index < -0.39 is 6.10 Å². The van der Waals surface area contributed by atoms with Gasteiger partial charge in [-0.15, -0.1) is 0 Å². The molecule has 3 nitrogen and oxygen atoms in total. The van der Waals surface area contributed by atoms with Crippen LogP contribution in [-0.4, -0.2) is 23.8 Å². The van der Waals surface area contributed by atoms with E-state index in [1.165, 1.54) is 0 Å². The molecule has 0 aromatic heterocycles. The molecule has 0 aromatic carbocycles. The number of β-amino-alcohol motifs (C(OH)–C–C–N with tert-alkyl or cyclic N) is 1. The Hall–Kier alpha value is -0.120. The number of unbranched alkanes of at least 4 members (excludes halogenated alkanes) is 1. The SMILES string of the molecule is [2H]N1CC(O)C(CCCC)N1[2H]. The highest BCUT2D eigenvalue weighted by Gasteiger charge is 2.22. The summed E-state index contributed by atoms with van der Waals surface area (Å²) in [4.78, 5) is 0. The van der Waals surface area contributed by atoms with Crippen molar-refractivity contribution in [3.63, 3.8) is 0 Å². The van der Waals surface area contributed by atoms with Crippen LogP contribution in [-0.2, 0) is 0 Å². The molecule has 0 radical (unpaired) electrons. The van der Waals surface area contributed by atoms with Crippen LogP contribution in [0.15, 0.2) is 0 Å². The van der Waals surface area contributed by atoms with Gasteiger partial charge in [-0.1, -0.05) is 19.8 Å². The second-order valence-corrected chi connectivity index (χ2v) is 2.72. The average molecular weight is 146 g/mol. The molecule has 1 aliphatic rings. The second-order valence-electron chi connectivity index (χ2n) is 2.72. The molecule has 0 spiro atoms. The average Bonchev–Trinajstić information content (AvgIpc) is 2.25. The lowest BCUT2D eigenvalue weighted by atomic mass is 10.1. The van der Waals surface area contributed by atoms with Gasteiger partial charge in [0.25, 0.3) is 0 Å². The molecule has 0 saturated carbocycles. The highest BCUT2D eigenvalue weighted by molar-refractivity contribution is 4.80. The first-order valence-corrected chi connectivity index (χ1v) is 3.89. The number of aliphatic hydroxyl groups excluding tert-OH is 1. The third kappa shape index (κ3) is 1.94. The first kappa shape index (κ1) is 5.52. The lowest BCUT2D eigenvalue weighted by Crippen LogP contribution is -2.33. The molecular formula is C7H16N2O. The summed E-state index contributed by atoms with van der Waals surface area (Å²) in [6.45, 7) is 2.34. The van der Waals surface area contributed by atoms with Crippen molar-refractivity contribution in [2.24, 2.45) is 0 Å². The largest absolute Gasteiger partial charge is 0.390 e. The number of hydrazine groups is 1. The Bertz CT molecular complexity index is 147. The molecule has 1 aliphatic heterocycles. The minimum atomic E-state index is -0.536. The third-order valence-corrected chi connectivity index (χ3v) is 1.80. The standard InChI is InChI=1S/C7H16N2O/c1-2-3-4-6-7(10)5-8-9-6/h6-10H,2-5H2,1H3/i/hD2. The summed E-state index contributed by atoms with van der Waals surface area (Å²) in [6.07, 6.45) is 2.34. The molecule has 0 aliphatic carbocycles. The van der Waals surface area contributed by atoms with E-state index in [1.54, 1.807) is 0 Å². The highest BCUT2D eigenvalue weighted by atomic mass is 16.3. The first-order chi connectivity index (χ1) is 5.66. The van der Waals surface area contributed by atoms with Crippen molar-refractivity contribution in [1.82, 2.24) is 10.8 Å². The summed E-state index contributed by atoms with van der Waals surface area (Å²) in [7, 11) is 0. The van der Waals surface area contributed by atoms with Crippen LogP contribution in [0.25, 0.3) is 0 Å². The van der Waals surface area contributed by atoms with Crippen molar-refractivity contribution in [3.05, 3.63) is 0 Å². The quantitative estimate of drug-likeness (QED) is 0.525. The van der Waals surface area contributed by atoms with Gasteiger partial charge >= 0.3 is 0 Å². The fourth-order valence-corrected chi connectivity index (χ4v) is 1.10. The van der Waals surface area contributed by atoms with Crippen LogP contribution >= 0.6 is 0 Å². The summed E-state index contributed by atoms with van der Waals surface area (Å²) >= 11 is 0. The second kappa shape index (κ2) is 3.91. The van der Waals surface area contributed by atoms with Crippen LogP contribution in [0.5, 0.6) is 0 Å². The minimum Gasteiger partial charge on any atom is -0.390 e. The summed E-state index contributed by atoms with van der Waals surface area (Å²) in [6, 6.07) is -0.178. The monoisotopic (exact) mass is 146 g/mol. The van der Waals surface area contributed by atoms with Gasteiger partial charge in [-0.2, -0.15) is 0 Å². The molecule has 0 bridgehead atoms. The maximum absolute atomic E-state index is 9.43. The number of nitrogens with one attached hydrogen (secondary N) is 2. The lowest BCUT2D eigenvalue weighted by Gasteiger charge is -2.11. The molecule has 1 fully saturated rings. The molecule has 1 saturated heterocycles. The van der Waals surface area contributed by atoms with Gasteiger partial charge < -0.3 is 5.11 Å². The van der Waals surface area contributed by atoms with Crippen LogP contribution < -0.4 is 10.8 Å². The summed E-state index contributed by atoms with van der Waals surface area (Å²) in [5.41, 5.74) is 2.07. The Morgan fingerprint density at radius 1 is 1.80 bits per heavy atom. The van der Waals surface area contributed by atoms with E-state index in [0.717, 1.165) is 30.1 Å². The maximum Gasteiger partial charge on any atom is 0.142 e. The van der Waals surface area contributed by atoms with Crippen LogP contribution in [0, 0.1) is 0 Å². The fourth-order valence-electron chi connectivity index (χ4n) is 1.10. The van der Waals surface area contributed by atoms with Crippen molar-refractivity contribution >= 4 is 0 Å². The maximum atomic E-state index is 9.43. The van der Waals surface area contributed by atoms with E-state index in [4.69, 9.17) is 2.82 Å². The molecule has 60 valence electrons. The van der Waals surface area contributed by atoms with Gasteiger partial charge in [-0.3, -0.25) is 10.8 Å². The van der Waals surface area contributed by atoms with Gasteiger partial charge in [0.15, 0.2) is 0 Å². The Kier molecular flexibility index (Phi) is 2.16. The molecule has 3 heteroatoms. The first-order valence-electron chi connectivity index (χ1n) is 4.78. The zero-order valence-corrected chi connectivity index (χ0v) is 6.32. The number of aliphatic hydroxyl groups is 1. The van der Waals surface area contributed by atoms with Crippen molar-refractivity contribution in [2.45, 2.75) is 38.3 Å². The minimum absolute atomic E-state index is 0.178. The smallest absolute Gasteiger partial charge is 0.142 e. The van der Waals surface area contributed by atoms with Gasteiger partial charge in [-0.25, -0.2) is 0 Å². The Morgan fingerprint density at radius 2 is 2.60 bits per heavy atom. The fraction of sp³-hybridized carbons (Fsp3) is 1.00. The van der Waals surface area contributed by atoms with E-state index in [1.807, 2.05) is 0 Å². The van der Waals surface area contributed by atoms with Gasteiger partial charge in [0.2, 0.25) is 0 Å². The van der Waals surface area contributed by atoms with E-state index in [2.05, 4.69) is 6.92 Å². The Labute approximate surface area is 64.7 Å². The van der Waals surface area contributed by atoms with Gasteiger partial charge in [-0.05, 0) is 6.42 Å². The van der Waals surface area contributed by atoms with Crippen molar-refractivity contribution < 1.29 is 7.93 Å². The molecule has 0 amide bonds. The predicted octanol–water partition coefficient (Wildman–Crippen LogP) is 0.0139. The molecular weight excluding hydrogens is 128 g/mol. The van der Waals surface area contributed by atoms with Crippen molar-refractivity contribution in [3.8, 4) is 0 Å². The topological polar surface area (TPSA) is 44.3 Å². The van der Waals surface area contributed by atoms with E-state index in [0.29, 0.717) is 0 Å². The predicted molar refractivity (Wildman–Crippen MR) is 40.5 cm³/mol. The Balaban J connectivity index is 2.40. The summed E-state index contributed by atoms with van der Waals surface area (Å²) in [5.74, 6) is 0. The summed E-state index contributed by atoms with van der Waals surface area (Å²) < 4.78 is 14.7. The number of hydrogen-bond acceptors (Lipinski definition) is 3. The van der Waals surface area contributed by atoms with Gasteiger partial charge in [0, 0.05) is 12.6 Å². The summed E-state index contributed by atoms with van der Waals surface area (Å²) in [5, 5.41) is 9.43. The van der Waals surface area contributed by atoms with Gasteiger partial charge in [0.1, 0.15) is 2.82 Å². The van der Waals surface area contributed by atoms with Crippen molar-refractivity contribution in [1.29, 1.82) is 0 Å². The zero-order chi connectivity index (χ0) is 9.14. The van der Waals surface area contributed by atoms with Gasteiger partial charge in [0.05, 0.1) is 6.10 Å². The third-order valence-electron chi connectivity index (χ3n) is 1.80. The number of rotatable bonds is 3. The highest BCUT2D eigenvalue weighted by Crippen LogP contribution is 2.06. The Morgan fingerprint density at radius 3 is 3.10 bits per heavy atom. The lowest BCUT2D eigenvalue weighted by molar-refractivity contribution is 0.165. The molecule has 2 atom stereocenters. The van der Waals surface area contributed by atoms with E-state index in [9.17, 15) is 5.11 Å². The molecule has 2 unspecified atom stereocenters. The molecule has 1 heterocycles. The normalized spacial score (nSPS) is 39.8. The zero-order valence-electron chi connectivity index (χ0n) is 8.32.